The highest BCUT2D eigenvalue weighted by Gasteiger charge is 1.99. The van der Waals surface area contributed by atoms with Crippen LogP contribution in [0.3, 0.4) is 0 Å². The van der Waals surface area contributed by atoms with Crippen molar-refractivity contribution in [1.82, 2.24) is 0 Å². The van der Waals surface area contributed by atoms with E-state index in [-0.39, 0.29) is 5.25 Å². The molecule has 0 saturated heterocycles. The van der Waals surface area contributed by atoms with E-state index in [2.05, 4.69) is 0 Å². The molecule has 0 radical (unpaired) electrons. The summed E-state index contributed by atoms with van der Waals surface area (Å²) in [5, 5.41) is 0.153. The van der Waals surface area contributed by atoms with Crippen LogP contribution in [0, 0.1) is 0 Å². The molecule has 0 aromatic heterocycles. The summed E-state index contributed by atoms with van der Waals surface area (Å²) in [6.07, 6.45) is 1.66. The van der Waals surface area contributed by atoms with Crippen LogP contribution in [0.25, 0.3) is 0 Å². The van der Waals surface area contributed by atoms with Crippen molar-refractivity contribution in [3.63, 3.8) is 0 Å². The van der Waals surface area contributed by atoms with Crippen molar-refractivity contribution >= 4 is 10.8 Å². The molecular weight excluding hydrogens is 110 g/mol. The highest BCUT2D eigenvalue weighted by atomic mass is 32.2. The maximum Gasteiger partial charge on any atom is 0.0439 e. The molecular formula is C4H11NOS. The molecule has 0 aromatic carbocycles. The Morgan fingerprint density at radius 1 is 1.86 bits per heavy atom. The summed E-state index contributed by atoms with van der Waals surface area (Å²) in [7, 11) is -0.735. The number of hydrogen-bond donors (Lipinski definition) is 1. The van der Waals surface area contributed by atoms with Crippen LogP contribution < -0.4 is 5.73 Å². The highest BCUT2D eigenvalue weighted by molar-refractivity contribution is 7.84. The molecule has 0 bridgehead atoms. The Hall–Kier alpha value is 0.110. The van der Waals surface area contributed by atoms with Gasteiger partial charge in [0.25, 0.3) is 0 Å². The highest BCUT2D eigenvalue weighted by Crippen LogP contribution is 1.85. The van der Waals surface area contributed by atoms with Crippen molar-refractivity contribution in [3.05, 3.63) is 0 Å². The fourth-order valence-electron chi connectivity index (χ4n) is 0.136. The second-order valence-corrected chi connectivity index (χ2v) is 3.35. The largest absolute Gasteiger partial charge is 0.329 e. The predicted octanol–water partition coefficient (Wildman–Crippen LogP) is -0.288. The van der Waals surface area contributed by atoms with Crippen LogP contribution in [0.4, 0.5) is 0 Å². The van der Waals surface area contributed by atoms with Crippen LogP contribution in [0.15, 0.2) is 0 Å². The van der Waals surface area contributed by atoms with Gasteiger partial charge in [0, 0.05) is 28.9 Å². The smallest absolute Gasteiger partial charge is 0.0439 e. The molecule has 2 atom stereocenters. The molecule has 0 aliphatic heterocycles. The third-order valence-corrected chi connectivity index (χ3v) is 2.22. The zero-order chi connectivity index (χ0) is 5.86. The maximum absolute atomic E-state index is 10.4. The van der Waals surface area contributed by atoms with Gasteiger partial charge in [-0.2, -0.15) is 0 Å². The van der Waals surface area contributed by atoms with E-state index in [0.717, 1.165) is 0 Å². The normalized spacial score (nSPS) is 18.7. The first-order chi connectivity index (χ1) is 3.18. The molecule has 0 rings (SSSR count). The van der Waals surface area contributed by atoms with Gasteiger partial charge in [-0.05, 0) is 6.92 Å². The van der Waals surface area contributed by atoms with E-state index in [1.54, 1.807) is 6.26 Å². The molecule has 0 saturated carbocycles. The number of hydrogen-bond acceptors (Lipinski definition) is 2. The lowest BCUT2D eigenvalue weighted by molar-refractivity contribution is 0.677. The van der Waals surface area contributed by atoms with Gasteiger partial charge in [-0.3, -0.25) is 4.21 Å². The topological polar surface area (TPSA) is 43.1 Å². The molecule has 0 fully saturated rings. The summed E-state index contributed by atoms with van der Waals surface area (Å²) in [5.74, 6) is 0. The second kappa shape index (κ2) is 3.16. The maximum atomic E-state index is 10.4. The van der Waals surface area contributed by atoms with Crippen LogP contribution in [-0.4, -0.2) is 22.3 Å². The van der Waals surface area contributed by atoms with Crippen molar-refractivity contribution in [2.24, 2.45) is 5.73 Å². The zero-order valence-electron chi connectivity index (χ0n) is 4.68. The van der Waals surface area contributed by atoms with Crippen molar-refractivity contribution < 1.29 is 4.21 Å². The molecule has 3 heteroatoms. The number of nitrogens with two attached hydrogens (primary N) is 1. The standard InChI is InChI=1S/C4H11NOS/c1-4(3-5)7(2)6/h4H,3,5H2,1-2H3/t4-,7+/m1/s1. The van der Waals surface area contributed by atoms with Crippen LogP contribution in [0.1, 0.15) is 6.92 Å². The van der Waals surface area contributed by atoms with Crippen LogP contribution in [-0.2, 0) is 10.8 Å². The Bertz CT molecular complexity index is 74.1. The van der Waals surface area contributed by atoms with Gasteiger partial charge in [-0.15, -0.1) is 0 Å². The van der Waals surface area contributed by atoms with Crippen molar-refractivity contribution in [1.29, 1.82) is 0 Å². The van der Waals surface area contributed by atoms with E-state index >= 15 is 0 Å². The Kier molecular flexibility index (Phi) is 3.21. The molecule has 0 aliphatic rings. The number of rotatable bonds is 2. The van der Waals surface area contributed by atoms with Crippen LogP contribution in [0.5, 0.6) is 0 Å². The van der Waals surface area contributed by atoms with Gasteiger partial charge in [0.2, 0.25) is 0 Å². The lowest BCUT2D eigenvalue weighted by atomic mass is 10.5. The summed E-state index contributed by atoms with van der Waals surface area (Å²) < 4.78 is 10.4. The Morgan fingerprint density at radius 2 is 2.29 bits per heavy atom. The fraction of sp³-hybridized carbons (Fsp3) is 1.00. The molecule has 2 N–H and O–H groups in total. The lowest BCUT2D eigenvalue weighted by Crippen LogP contribution is -2.20. The van der Waals surface area contributed by atoms with E-state index in [4.69, 9.17) is 5.73 Å². The summed E-state index contributed by atoms with van der Waals surface area (Å²) >= 11 is 0. The second-order valence-electron chi connectivity index (χ2n) is 1.54. The van der Waals surface area contributed by atoms with Gasteiger partial charge < -0.3 is 5.73 Å². The minimum absolute atomic E-state index is 0.153. The van der Waals surface area contributed by atoms with Crippen LogP contribution >= 0.6 is 0 Å². The Labute approximate surface area is 46.5 Å². The molecule has 0 unspecified atom stereocenters. The van der Waals surface area contributed by atoms with E-state index in [9.17, 15) is 4.21 Å². The minimum Gasteiger partial charge on any atom is -0.329 e. The van der Waals surface area contributed by atoms with Crippen molar-refractivity contribution in [3.8, 4) is 0 Å². The first-order valence-electron chi connectivity index (χ1n) is 2.20. The molecule has 0 heterocycles. The Morgan fingerprint density at radius 3 is 2.29 bits per heavy atom. The molecule has 7 heavy (non-hydrogen) atoms. The summed E-state index contributed by atoms with van der Waals surface area (Å²) in [6, 6.07) is 0. The van der Waals surface area contributed by atoms with Gasteiger partial charge in [-0.25, -0.2) is 0 Å². The molecule has 0 aromatic rings. The molecule has 0 spiro atoms. The van der Waals surface area contributed by atoms with Crippen molar-refractivity contribution in [2.45, 2.75) is 12.2 Å². The van der Waals surface area contributed by atoms with E-state index in [1.165, 1.54) is 0 Å². The monoisotopic (exact) mass is 121 g/mol. The Balaban J connectivity index is 3.34. The molecule has 0 aliphatic carbocycles. The van der Waals surface area contributed by atoms with Gasteiger partial charge in [0.15, 0.2) is 0 Å². The minimum atomic E-state index is -0.735. The van der Waals surface area contributed by atoms with Gasteiger partial charge in [0.05, 0.1) is 0 Å². The molecule has 2 nitrogen and oxygen atoms in total. The van der Waals surface area contributed by atoms with Crippen LogP contribution in [0.2, 0.25) is 0 Å². The van der Waals surface area contributed by atoms with E-state index in [0.29, 0.717) is 6.54 Å². The zero-order valence-corrected chi connectivity index (χ0v) is 5.49. The molecule has 0 amide bonds. The van der Waals surface area contributed by atoms with Gasteiger partial charge >= 0.3 is 0 Å². The lowest BCUT2D eigenvalue weighted by Gasteiger charge is -1.99. The average molecular weight is 121 g/mol. The summed E-state index contributed by atoms with van der Waals surface area (Å²) in [5.41, 5.74) is 5.18. The first-order valence-corrected chi connectivity index (χ1v) is 3.83. The van der Waals surface area contributed by atoms with E-state index in [1.807, 2.05) is 6.92 Å². The van der Waals surface area contributed by atoms with Crippen molar-refractivity contribution in [2.75, 3.05) is 12.8 Å². The average Bonchev–Trinajstić information content (AvgIpc) is 1.65. The van der Waals surface area contributed by atoms with E-state index < -0.39 is 10.8 Å². The SMILES string of the molecule is C[C@H](CN)[S@](C)=O. The third kappa shape index (κ3) is 2.76. The predicted molar refractivity (Wildman–Crippen MR) is 32.6 cm³/mol. The summed E-state index contributed by atoms with van der Waals surface area (Å²) in [4.78, 5) is 0. The quantitative estimate of drug-likeness (QED) is 0.545. The molecule has 44 valence electrons. The fourth-order valence-corrected chi connectivity index (χ4v) is 0.407. The van der Waals surface area contributed by atoms with Gasteiger partial charge in [-0.1, -0.05) is 0 Å². The van der Waals surface area contributed by atoms with Gasteiger partial charge in [0.1, 0.15) is 0 Å². The first kappa shape index (κ1) is 7.11. The third-order valence-electron chi connectivity index (χ3n) is 0.899. The summed E-state index contributed by atoms with van der Waals surface area (Å²) in [6.45, 7) is 2.39.